The normalized spacial score (nSPS) is 12.1. The molecule has 84 valence electrons. The second-order valence-electron chi connectivity index (χ2n) is 4.19. The number of unbranched alkanes of at least 4 members (excludes halogenated alkanes) is 6. The summed E-state index contributed by atoms with van der Waals surface area (Å²) in [6, 6.07) is 0. The van der Waals surface area contributed by atoms with Crippen LogP contribution in [0.3, 0.4) is 0 Å². The molecule has 0 amide bonds. The van der Waals surface area contributed by atoms with Crippen LogP contribution in [0, 0.1) is 0 Å². The Labute approximate surface area is 90.2 Å². The van der Waals surface area contributed by atoms with Gasteiger partial charge in [0.1, 0.15) is 19.8 Å². The first-order chi connectivity index (χ1) is 6.81. The Kier molecular flexibility index (Phi) is 10.5. The third kappa shape index (κ3) is 9.76. The van der Waals surface area contributed by atoms with Crippen LogP contribution >= 0.6 is 0 Å². The summed E-state index contributed by atoms with van der Waals surface area (Å²) in [4.78, 5) is 0. The first kappa shape index (κ1) is 13.7. The van der Waals surface area contributed by atoms with E-state index in [1.807, 2.05) is 0 Å². The van der Waals surface area contributed by atoms with Crippen molar-refractivity contribution in [2.75, 3.05) is 13.6 Å². The molecule has 0 aliphatic carbocycles. The largest absolute Gasteiger partial charge is 0.242 e. The van der Waals surface area contributed by atoms with E-state index >= 15 is 0 Å². The minimum atomic E-state index is 1.16. The first-order valence-electron chi connectivity index (χ1n) is 6.34. The van der Waals surface area contributed by atoms with Crippen molar-refractivity contribution in [3.05, 3.63) is 0 Å². The van der Waals surface area contributed by atoms with Crippen LogP contribution in [0.1, 0.15) is 65.2 Å². The zero-order valence-corrected chi connectivity index (χ0v) is 10.4. The fraction of sp³-hybridized carbons (Fsp3) is 0.923. The van der Waals surface area contributed by atoms with Gasteiger partial charge in [-0.1, -0.05) is 46.0 Å². The van der Waals surface area contributed by atoms with Crippen LogP contribution in [-0.4, -0.2) is 24.4 Å². The third-order valence-corrected chi connectivity index (χ3v) is 2.61. The Hall–Kier alpha value is -0.330. The van der Waals surface area contributed by atoms with E-state index in [0.29, 0.717) is 0 Å². The summed E-state index contributed by atoms with van der Waals surface area (Å²) in [7, 11) is 2.18. The van der Waals surface area contributed by atoms with Gasteiger partial charge in [-0.05, 0) is 6.42 Å². The number of nitrogens with zero attached hydrogens (tertiary/aromatic N) is 1. The highest BCUT2D eigenvalue weighted by molar-refractivity contribution is 5.50. The van der Waals surface area contributed by atoms with Crippen molar-refractivity contribution >= 4 is 6.21 Å². The van der Waals surface area contributed by atoms with Crippen LogP contribution in [0.25, 0.3) is 0 Å². The lowest BCUT2D eigenvalue weighted by atomic mass is 10.1. The summed E-state index contributed by atoms with van der Waals surface area (Å²) >= 11 is 0. The molecule has 1 heteroatoms. The maximum Gasteiger partial charge on any atom is 0.142 e. The molecule has 14 heavy (non-hydrogen) atoms. The predicted molar refractivity (Wildman–Crippen MR) is 65.4 cm³/mol. The number of hydrogen-bond acceptors (Lipinski definition) is 0. The number of rotatable bonds is 9. The van der Waals surface area contributed by atoms with Crippen molar-refractivity contribution in [2.24, 2.45) is 0 Å². The van der Waals surface area contributed by atoms with Crippen LogP contribution in [0.15, 0.2) is 0 Å². The van der Waals surface area contributed by atoms with Crippen molar-refractivity contribution in [1.82, 2.24) is 0 Å². The van der Waals surface area contributed by atoms with Gasteiger partial charge in [-0.25, -0.2) is 4.58 Å². The first-order valence-corrected chi connectivity index (χ1v) is 6.34. The molecular weight excluding hydrogens is 170 g/mol. The Morgan fingerprint density at radius 3 is 2.00 bits per heavy atom. The fourth-order valence-corrected chi connectivity index (χ4v) is 1.72. The van der Waals surface area contributed by atoms with E-state index in [1.165, 1.54) is 51.5 Å². The lowest BCUT2D eigenvalue weighted by Crippen LogP contribution is -2.08. The van der Waals surface area contributed by atoms with E-state index < -0.39 is 0 Å². The molecule has 1 nitrogen and oxygen atoms in total. The molecule has 0 N–H and O–H groups in total. The van der Waals surface area contributed by atoms with Gasteiger partial charge in [0.25, 0.3) is 0 Å². The summed E-state index contributed by atoms with van der Waals surface area (Å²) in [6.07, 6.45) is 13.3. The summed E-state index contributed by atoms with van der Waals surface area (Å²) in [5, 5.41) is 0. The number of hydrogen-bond donors (Lipinski definition) is 0. The fourth-order valence-electron chi connectivity index (χ4n) is 1.72. The smallest absolute Gasteiger partial charge is 0.142 e. The van der Waals surface area contributed by atoms with Crippen molar-refractivity contribution in [3.63, 3.8) is 0 Å². The molecule has 0 aliphatic heterocycles. The van der Waals surface area contributed by atoms with Crippen LogP contribution in [0.5, 0.6) is 0 Å². The molecule has 0 radical (unpaired) electrons. The average Bonchev–Trinajstić information content (AvgIpc) is 2.17. The van der Waals surface area contributed by atoms with Crippen LogP contribution in [-0.2, 0) is 0 Å². The standard InChI is InChI=1S/C13H28N/c1-4-6-7-8-9-10-11-13-14(3)12-5-2/h12H,4-11,13H2,1-3H3/q+1. The van der Waals surface area contributed by atoms with Gasteiger partial charge in [-0.2, -0.15) is 0 Å². The molecular formula is C13H28N+. The minimum Gasteiger partial charge on any atom is -0.242 e. The van der Waals surface area contributed by atoms with Gasteiger partial charge < -0.3 is 0 Å². The second-order valence-corrected chi connectivity index (χ2v) is 4.19. The second kappa shape index (κ2) is 10.7. The highest BCUT2D eigenvalue weighted by atomic mass is 14.9. The minimum absolute atomic E-state index is 1.16. The van der Waals surface area contributed by atoms with Crippen LogP contribution in [0.4, 0.5) is 0 Å². The van der Waals surface area contributed by atoms with Crippen LogP contribution < -0.4 is 0 Å². The van der Waals surface area contributed by atoms with E-state index in [9.17, 15) is 0 Å². The Morgan fingerprint density at radius 2 is 1.43 bits per heavy atom. The Bertz CT molecular complexity index is 138. The molecule has 0 aromatic carbocycles. The molecule has 0 fully saturated rings. The van der Waals surface area contributed by atoms with E-state index in [-0.39, 0.29) is 0 Å². The highest BCUT2D eigenvalue weighted by Gasteiger charge is 1.95. The van der Waals surface area contributed by atoms with Gasteiger partial charge in [-0.15, -0.1) is 0 Å². The lowest BCUT2D eigenvalue weighted by molar-refractivity contribution is -0.494. The monoisotopic (exact) mass is 198 g/mol. The zero-order valence-electron chi connectivity index (χ0n) is 10.4. The van der Waals surface area contributed by atoms with Gasteiger partial charge in [0.05, 0.1) is 0 Å². The molecule has 0 bridgehead atoms. The van der Waals surface area contributed by atoms with Gasteiger partial charge in [0.2, 0.25) is 0 Å². The molecule has 0 saturated carbocycles. The van der Waals surface area contributed by atoms with Crippen LogP contribution in [0.2, 0.25) is 0 Å². The molecule has 0 aliphatic rings. The van der Waals surface area contributed by atoms with Crippen molar-refractivity contribution in [2.45, 2.75) is 65.2 Å². The van der Waals surface area contributed by atoms with E-state index in [0.717, 1.165) is 6.42 Å². The molecule has 0 unspecified atom stereocenters. The van der Waals surface area contributed by atoms with E-state index in [4.69, 9.17) is 0 Å². The van der Waals surface area contributed by atoms with Gasteiger partial charge in [0.15, 0.2) is 0 Å². The quantitative estimate of drug-likeness (QED) is 0.301. The molecule has 0 rings (SSSR count). The average molecular weight is 198 g/mol. The molecule has 0 aromatic rings. The molecule has 0 saturated heterocycles. The SMILES string of the molecule is CCC=[N+](C)CCCCCCCCC. The maximum atomic E-state index is 2.33. The van der Waals surface area contributed by atoms with E-state index in [2.05, 4.69) is 31.7 Å². The van der Waals surface area contributed by atoms with Gasteiger partial charge >= 0.3 is 0 Å². The highest BCUT2D eigenvalue weighted by Crippen LogP contribution is 2.06. The van der Waals surface area contributed by atoms with Gasteiger partial charge in [-0.3, -0.25) is 0 Å². The summed E-state index contributed by atoms with van der Waals surface area (Å²) in [5.41, 5.74) is 0. The molecule has 0 spiro atoms. The lowest BCUT2D eigenvalue weighted by Gasteiger charge is -1.99. The van der Waals surface area contributed by atoms with Crippen molar-refractivity contribution in [1.29, 1.82) is 0 Å². The predicted octanol–water partition coefficient (Wildman–Crippen LogP) is 3.86. The van der Waals surface area contributed by atoms with E-state index in [1.54, 1.807) is 0 Å². The zero-order chi connectivity index (χ0) is 10.6. The van der Waals surface area contributed by atoms with Gasteiger partial charge in [0, 0.05) is 12.8 Å². The summed E-state index contributed by atoms with van der Waals surface area (Å²) in [5.74, 6) is 0. The summed E-state index contributed by atoms with van der Waals surface area (Å²) in [6.45, 7) is 5.71. The van der Waals surface area contributed by atoms with Crippen molar-refractivity contribution in [3.8, 4) is 0 Å². The maximum absolute atomic E-state index is 2.33. The van der Waals surface area contributed by atoms with Crippen molar-refractivity contribution < 1.29 is 4.58 Å². The topological polar surface area (TPSA) is 3.01 Å². The Morgan fingerprint density at radius 1 is 0.857 bits per heavy atom. The molecule has 0 heterocycles. The summed E-state index contributed by atoms with van der Waals surface area (Å²) < 4.78 is 2.33. The third-order valence-electron chi connectivity index (χ3n) is 2.61. The Balaban J connectivity index is 3.09. The molecule has 0 atom stereocenters. The molecule has 0 aromatic heterocycles.